The zero-order valence-electron chi connectivity index (χ0n) is 15.6. The second-order valence-corrected chi connectivity index (χ2v) is 6.95. The Hall–Kier alpha value is -1.60. The number of rotatable bonds is 7. The fourth-order valence-electron chi connectivity index (χ4n) is 3.19. The minimum Gasteiger partial charge on any atom is -0.463 e. The summed E-state index contributed by atoms with van der Waals surface area (Å²) in [5.41, 5.74) is 3.29. The van der Waals surface area contributed by atoms with Crippen LogP contribution >= 0.6 is 31.9 Å². The van der Waals surface area contributed by atoms with Crippen LogP contribution in [0.15, 0.2) is 52.9 Å². The van der Waals surface area contributed by atoms with Gasteiger partial charge in [0.15, 0.2) is 0 Å². The predicted octanol–water partition coefficient (Wildman–Crippen LogP) is 4.14. The Bertz CT molecular complexity index is 715. The van der Waals surface area contributed by atoms with Crippen LogP contribution in [0.3, 0.4) is 0 Å². The zero-order valence-corrected chi connectivity index (χ0v) is 18.8. The Balaban J connectivity index is 2.78. The fraction of sp³-hybridized carbons (Fsp3) is 0.400. The molecule has 1 aliphatic heterocycles. The highest BCUT2D eigenvalue weighted by Crippen LogP contribution is 2.43. The summed E-state index contributed by atoms with van der Waals surface area (Å²) in [5, 5.41) is 0.904. The highest BCUT2D eigenvalue weighted by molar-refractivity contribution is 9.09. The van der Waals surface area contributed by atoms with Crippen molar-refractivity contribution in [2.75, 3.05) is 30.9 Å². The van der Waals surface area contributed by atoms with Crippen LogP contribution in [0.25, 0.3) is 0 Å². The Kier molecular flexibility index (Phi) is 8.10. The third kappa shape index (κ3) is 4.46. The van der Waals surface area contributed by atoms with E-state index in [0.29, 0.717) is 21.8 Å². The topological polar surface area (TPSA) is 55.8 Å². The third-order valence-corrected chi connectivity index (χ3v) is 5.45. The van der Waals surface area contributed by atoms with Gasteiger partial charge in [0.25, 0.3) is 0 Å². The minimum atomic E-state index is -0.555. The lowest BCUT2D eigenvalue weighted by Gasteiger charge is -2.37. The first-order valence-electron chi connectivity index (χ1n) is 8.72. The number of halogens is 2. The summed E-state index contributed by atoms with van der Waals surface area (Å²) in [7, 11) is 1.84. The molecule has 0 spiro atoms. The van der Waals surface area contributed by atoms with Gasteiger partial charge in [0.1, 0.15) is 0 Å². The predicted molar refractivity (Wildman–Crippen MR) is 112 cm³/mol. The van der Waals surface area contributed by atoms with E-state index in [-0.39, 0.29) is 13.2 Å². The molecule has 1 aromatic rings. The van der Waals surface area contributed by atoms with Crippen LogP contribution in [0, 0.1) is 0 Å². The molecule has 0 saturated heterocycles. The number of nitrogens with zero attached hydrogens (tertiary/aromatic N) is 1. The SMILES string of the molecule is CCOC(=O)C1=C(CBr)N(C)C(CBr)=C(C(=O)OCC)C1c1ccccc1. The van der Waals surface area contributed by atoms with E-state index < -0.39 is 17.9 Å². The number of benzene rings is 1. The quantitative estimate of drug-likeness (QED) is 0.416. The van der Waals surface area contributed by atoms with Crippen LogP contribution in [0.1, 0.15) is 25.3 Å². The van der Waals surface area contributed by atoms with Gasteiger partial charge < -0.3 is 14.4 Å². The van der Waals surface area contributed by atoms with Gasteiger partial charge in [-0.15, -0.1) is 0 Å². The van der Waals surface area contributed by atoms with Crippen LogP contribution < -0.4 is 0 Å². The smallest absolute Gasteiger partial charge is 0.336 e. The summed E-state index contributed by atoms with van der Waals surface area (Å²) < 4.78 is 10.7. The highest BCUT2D eigenvalue weighted by atomic mass is 79.9. The molecule has 0 amide bonds. The molecule has 0 N–H and O–H groups in total. The van der Waals surface area contributed by atoms with Gasteiger partial charge in [-0.1, -0.05) is 62.2 Å². The van der Waals surface area contributed by atoms with Crippen molar-refractivity contribution in [2.24, 2.45) is 0 Å². The first kappa shape index (κ1) is 21.7. The van der Waals surface area contributed by atoms with Gasteiger partial charge in [0.05, 0.1) is 30.3 Å². The number of allylic oxidation sites excluding steroid dienone is 2. The van der Waals surface area contributed by atoms with E-state index in [1.54, 1.807) is 13.8 Å². The standard InChI is InChI=1S/C20H23Br2NO4/c1-4-26-19(24)17-14(11-21)23(3)15(12-22)18(20(25)27-5-2)16(17)13-9-7-6-8-10-13/h6-10,16H,4-5,11-12H2,1-3H3. The minimum absolute atomic E-state index is 0.257. The maximum atomic E-state index is 12.9. The first-order valence-corrected chi connectivity index (χ1v) is 11.0. The third-order valence-electron chi connectivity index (χ3n) is 4.39. The highest BCUT2D eigenvalue weighted by Gasteiger charge is 2.41. The molecule has 0 bridgehead atoms. The van der Waals surface area contributed by atoms with Crippen LogP contribution in [0.2, 0.25) is 0 Å². The van der Waals surface area contributed by atoms with E-state index >= 15 is 0 Å². The average molecular weight is 501 g/mol. The van der Waals surface area contributed by atoms with Gasteiger partial charge in [0.2, 0.25) is 0 Å². The Labute approximate surface area is 176 Å². The average Bonchev–Trinajstić information content (AvgIpc) is 2.67. The molecule has 7 heteroatoms. The summed E-state index contributed by atoms with van der Waals surface area (Å²) in [4.78, 5) is 27.7. The molecule has 1 heterocycles. The maximum absolute atomic E-state index is 12.9. The van der Waals surface area contributed by atoms with E-state index in [0.717, 1.165) is 17.0 Å². The Morgan fingerprint density at radius 3 is 1.74 bits per heavy atom. The van der Waals surface area contributed by atoms with E-state index in [2.05, 4.69) is 31.9 Å². The number of ether oxygens (including phenoxy) is 2. The summed E-state index contributed by atoms with van der Waals surface area (Å²) in [6.45, 7) is 4.05. The molecule has 1 aliphatic rings. The van der Waals surface area contributed by atoms with Crippen molar-refractivity contribution in [3.05, 3.63) is 58.4 Å². The molecule has 0 aromatic heterocycles. The molecule has 2 rings (SSSR count). The normalized spacial score (nSPS) is 15.2. The molecule has 5 nitrogen and oxygen atoms in total. The fourth-order valence-corrected chi connectivity index (χ4v) is 4.55. The van der Waals surface area contributed by atoms with E-state index in [4.69, 9.17) is 9.47 Å². The summed E-state index contributed by atoms with van der Waals surface area (Å²) in [5.74, 6) is -1.41. The van der Waals surface area contributed by atoms with E-state index in [9.17, 15) is 9.59 Å². The molecule has 0 atom stereocenters. The number of carbonyl (C=O) groups is 2. The van der Waals surface area contributed by atoms with Crippen molar-refractivity contribution in [1.82, 2.24) is 4.90 Å². The Morgan fingerprint density at radius 1 is 0.926 bits per heavy atom. The van der Waals surface area contributed by atoms with Crippen molar-refractivity contribution in [2.45, 2.75) is 19.8 Å². The van der Waals surface area contributed by atoms with Gasteiger partial charge in [-0.2, -0.15) is 0 Å². The van der Waals surface area contributed by atoms with E-state index in [1.807, 2.05) is 42.3 Å². The summed E-state index contributed by atoms with van der Waals surface area (Å²) in [6, 6.07) is 9.50. The lowest BCUT2D eigenvalue weighted by molar-refractivity contribution is -0.139. The first-order chi connectivity index (χ1) is 13.0. The van der Waals surface area contributed by atoms with E-state index in [1.165, 1.54) is 0 Å². The van der Waals surface area contributed by atoms with Crippen molar-refractivity contribution >= 4 is 43.8 Å². The van der Waals surface area contributed by atoms with Gasteiger partial charge >= 0.3 is 11.9 Å². The molecule has 146 valence electrons. The van der Waals surface area contributed by atoms with Crippen LogP contribution in [-0.2, 0) is 19.1 Å². The zero-order chi connectivity index (χ0) is 20.0. The molecular formula is C20H23Br2NO4. The lowest BCUT2D eigenvalue weighted by Crippen LogP contribution is -2.36. The molecule has 27 heavy (non-hydrogen) atoms. The Morgan fingerprint density at radius 2 is 1.37 bits per heavy atom. The monoisotopic (exact) mass is 499 g/mol. The van der Waals surface area contributed by atoms with Crippen molar-refractivity contribution < 1.29 is 19.1 Å². The number of alkyl halides is 2. The van der Waals surface area contributed by atoms with Crippen molar-refractivity contribution in [1.29, 1.82) is 0 Å². The van der Waals surface area contributed by atoms with Crippen molar-refractivity contribution in [3.63, 3.8) is 0 Å². The molecular weight excluding hydrogens is 478 g/mol. The summed E-state index contributed by atoms with van der Waals surface area (Å²) in [6.07, 6.45) is 0. The van der Waals surface area contributed by atoms with Crippen LogP contribution in [-0.4, -0.2) is 47.8 Å². The second-order valence-electron chi connectivity index (χ2n) is 5.83. The maximum Gasteiger partial charge on any atom is 0.336 e. The molecule has 0 unspecified atom stereocenters. The number of hydrogen-bond acceptors (Lipinski definition) is 5. The largest absolute Gasteiger partial charge is 0.463 e. The molecule has 1 aromatic carbocycles. The van der Waals surface area contributed by atoms with Gasteiger partial charge in [-0.05, 0) is 19.4 Å². The van der Waals surface area contributed by atoms with Crippen LogP contribution in [0.4, 0.5) is 0 Å². The van der Waals surface area contributed by atoms with Crippen LogP contribution in [0.5, 0.6) is 0 Å². The summed E-state index contributed by atoms with van der Waals surface area (Å²) >= 11 is 6.99. The molecule has 0 saturated carbocycles. The molecule has 0 aliphatic carbocycles. The molecule has 0 radical (unpaired) electrons. The number of esters is 2. The number of hydrogen-bond donors (Lipinski definition) is 0. The lowest BCUT2D eigenvalue weighted by atomic mass is 9.80. The van der Waals surface area contributed by atoms with Gasteiger partial charge in [-0.3, -0.25) is 0 Å². The van der Waals surface area contributed by atoms with Gasteiger partial charge in [0, 0.05) is 29.1 Å². The molecule has 0 fully saturated rings. The van der Waals surface area contributed by atoms with Crippen molar-refractivity contribution in [3.8, 4) is 0 Å². The second kappa shape index (κ2) is 10.1. The van der Waals surface area contributed by atoms with Gasteiger partial charge in [-0.25, -0.2) is 9.59 Å². The number of carbonyl (C=O) groups excluding carboxylic acids is 2.